The van der Waals surface area contributed by atoms with E-state index < -0.39 is 0 Å². The first-order chi connectivity index (χ1) is 8.33. The molecule has 2 aromatic heterocycles. The van der Waals surface area contributed by atoms with Crippen LogP contribution < -0.4 is 5.32 Å². The summed E-state index contributed by atoms with van der Waals surface area (Å²) in [5.41, 5.74) is 2.12. The Bertz CT molecular complexity index is 519. The summed E-state index contributed by atoms with van der Waals surface area (Å²) in [4.78, 5) is 8.52. The summed E-state index contributed by atoms with van der Waals surface area (Å²) < 4.78 is 1.98. The molecule has 0 spiro atoms. The van der Waals surface area contributed by atoms with Crippen molar-refractivity contribution in [1.82, 2.24) is 19.7 Å². The molecule has 3 heterocycles. The van der Waals surface area contributed by atoms with Gasteiger partial charge in [0.05, 0.1) is 6.04 Å². The number of aryl methyl sites for hydroxylation is 2. The second-order valence-electron chi connectivity index (χ2n) is 4.37. The Kier molecular flexibility index (Phi) is 2.51. The molecule has 5 heteroatoms. The van der Waals surface area contributed by atoms with Crippen LogP contribution in [0.25, 0.3) is 0 Å². The monoisotopic (exact) mass is 229 g/mol. The third-order valence-electron chi connectivity index (χ3n) is 3.06. The second kappa shape index (κ2) is 4.16. The number of fused-ring (bicyclic) bond motifs is 1. The van der Waals surface area contributed by atoms with Crippen LogP contribution >= 0.6 is 0 Å². The number of pyridine rings is 1. The van der Waals surface area contributed by atoms with E-state index in [9.17, 15) is 0 Å². The lowest BCUT2D eigenvalue weighted by Crippen LogP contribution is -2.22. The average Bonchev–Trinajstić information content (AvgIpc) is 2.78. The summed E-state index contributed by atoms with van der Waals surface area (Å²) in [5.74, 6) is 1.03. The van der Waals surface area contributed by atoms with Gasteiger partial charge in [-0.25, -0.2) is 9.67 Å². The van der Waals surface area contributed by atoms with Crippen molar-refractivity contribution in [3.63, 3.8) is 0 Å². The fraction of sp³-hybridized carbons (Fsp3) is 0.417. The van der Waals surface area contributed by atoms with Crippen molar-refractivity contribution < 1.29 is 0 Å². The second-order valence-corrected chi connectivity index (χ2v) is 4.37. The summed E-state index contributed by atoms with van der Waals surface area (Å²) in [6, 6.07) is 4.30. The zero-order chi connectivity index (χ0) is 11.7. The Hall–Kier alpha value is -1.91. The largest absolute Gasteiger partial charge is 0.375 e. The van der Waals surface area contributed by atoms with Crippen LogP contribution in [0, 0.1) is 6.92 Å². The predicted octanol–water partition coefficient (Wildman–Crippen LogP) is 1.93. The van der Waals surface area contributed by atoms with E-state index in [2.05, 4.69) is 26.4 Å². The highest BCUT2D eigenvalue weighted by Gasteiger charge is 2.21. The average molecular weight is 229 g/mol. The maximum atomic E-state index is 4.33. The third kappa shape index (κ3) is 2.00. The third-order valence-corrected chi connectivity index (χ3v) is 3.06. The van der Waals surface area contributed by atoms with Gasteiger partial charge in [-0.05, 0) is 31.9 Å². The van der Waals surface area contributed by atoms with E-state index in [-0.39, 0.29) is 6.04 Å². The minimum Gasteiger partial charge on any atom is -0.375 e. The van der Waals surface area contributed by atoms with E-state index in [1.54, 1.807) is 6.33 Å². The fourth-order valence-corrected chi connectivity index (χ4v) is 2.26. The van der Waals surface area contributed by atoms with E-state index in [1.807, 2.05) is 23.9 Å². The highest BCUT2D eigenvalue weighted by Crippen LogP contribution is 2.26. The molecule has 1 atom stereocenters. The van der Waals surface area contributed by atoms with Gasteiger partial charge in [-0.3, -0.25) is 4.98 Å². The lowest BCUT2D eigenvalue weighted by Gasteiger charge is -2.24. The van der Waals surface area contributed by atoms with Gasteiger partial charge in [0, 0.05) is 24.1 Å². The van der Waals surface area contributed by atoms with Crippen LogP contribution in [0.4, 0.5) is 5.69 Å². The van der Waals surface area contributed by atoms with Gasteiger partial charge in [-0.1, -0.05) is 0 Å². The van der Waals surface area contributed by atoms with Crippen molar-refractivity contribution in [3.05, 3.63) is 36.2 Å². The summed E-state index contributed by atoms with van der Waals surface area (Å²) in [6.07, 6.45) is 5.69. The quantitative estimate of drug-likeness (QED) is 0.855. The molecule has 3 rings (SSSR count). The molecule has 0 bridgehead atoms. The molecule has 17 heavy (non-hydrogen) atoms. The first-order valence-electron chi connectivity index (χ1n) is 5.90. The summed E-state index contributed by atoms with van der Waals surface area (Å²) >= 11 is 0. The number of aromatic nitrogens is 4. The molecule has 1 unspecified atom stereocenters. The molecule has 1 aliphatic heterocycles. The van der Waals surface area contributed by atoms with E-state index >= 15 is 0 Å². The molecule has 0 aromatic carbocycles. The van der Waals surface area contributed by atoms with Crippen molar-refractivity contribution in [2.24, 2.45) is 0 Å². The van der Waals surface area contributed by atoms with Gasteiger partial charge in [0.25, 0.3) is 0 Å². The number of anilines is 1. The van der Waals surface area contributed by atoms with Crippen LogP contribution in [0.3, 0.4) is 0 Å². The van der Waals surface area contributed by atoms with E-state index in [0.29, 0.717) is 0 Å². The number of rotatable bonds is 2. The van der Waals surface area contributed by atoms with Crippen molar-refractivity contribution in [2.75, 3.05) is 5.32 Å². The zero-order valence-corrected chi connectivity index (χ0v) is 9.80. The molecule has 0 aliphatic carbocycles. The van der Waals surface area contributed by atoms with Gasteiger partial charge in [0.1, 0.15) is 12.2 Å². The molecule has 5 nitrogen and oxygen atoms in total. The van der Waals surface area contributed by atoms with Crippen LogP contribution in [0.5, 0.6) is 0 Å². The van der Waals surface area contributed by atoms with E-state index in [0.717, 1.165) is 36.6 Å². The normalized spacial score (nSPS) is 18.8. The van der Waals surface area contributed by atoms with Gasteiger partial charge < -0.3 is 5.32 Å². The highest BCUT2D eigenvalue weighted by atomic mass is 15.3. The molecule has 0 saturated carbocycles. The summed E-state index contributed by atoms with van der Waals surface area (Å²) in [7, 11) is 0. The zero-order valence-electron chi connectivity index (χ0n) is 9.80. The molecule has 0 radical (unpaired) electrons. The van der Waals surface area contributed by atoms with Gasteiger partial charge in [0.15, 0.2) is 0 Å². The van der Waals surface area contributed by atoms with E-state index in [1.165, 1.54) is 0 Å². The Labute approximate surface area is 99.9 Å². The molecular weight excluding hydrogens is 214 g/mol. The van der Waals surface area contributed by atoms with Crippen molar-refractivity contribution in [3.8, 4) is 0 Å². The van der Waals surface area contributed by atoms with Crippen LogP contribution in [0.2, 0.25) is 0 Å². The molecule has 2 aromatic rings. The Morgan fingerprint density at radius 2 is 2.35 bits per heavy atom. The number of hydrogen-bond donors (Lipinski definition) is 1. The lowest BCUT2D eigenvalue weighted by molar-refractivity contribution is 0.438. The van der Waals surface area contributed by atoms with Crippen molar-refractivity contribution >= 4 is 5.69 Å². The maximum absolute atomic E-state index is 4.33. The molecular formula is C12H15N5. The maximum Gasteiger partial charge on any atom is 0.149 e. The van der Waals surface area contributed by atoms with Crippen molar-refractivity contribution in [2.45, 2.75) is 32.4 Å². The molecule has 0 fully saturated rings. The SMILES string of the molecule is Cc1cc(NC2CCCn3ncnc32)ccn1. The minimum absolute atomic E-state index is 0.257. The highest BCUT2D eigenvalue weighted by molar-refractivity contribution is 5.44. The molecule has 0 saturated heterocycles. The molecule has 88 valence electrons. The Morgan fingerprint density at radius 1 is 1.41 bits per heavy atom. The number of nitrogens with zero attached hydrogens (tertiary/aromatic N) is 4. The Morgan fingerprint density at radius 3 is 3.24 bits per heavy atom. The lowest BCUT2D eigenvalue weighted by atomic mass is 10.1. The van der Waals surface area contributed by atoms with Gasteiger partial charge in [-0.2, -0.15) is 5.10 Å². The fourth-order valence-electron chi connectivity index (χ4n) is 2.26. The Balaban J connectivity index is 1.84. The molecule has 1 aliphatic rings. The minimum atomic E-state index is 0.257. The predicted molar refractivity (Wildman–Crippen MR) is 64.6 cm³/mol. The summed E-state index contributed by atoms with van der Waals surface area (Å²) in [5, 5.41) is 7.72. The van der Waals surface area contributed by atoms with Gasteiger partial charge in [-0.15, -0.1) is 0 Å². The van der Waals surface area contributed by atoms with Crippen LogP contribution in [0.1, 0.15) is 30.4 Å². The summed E-state index contributed by atoms with van der Waals surface area (Å²) in [6.45, 7) is 2.97. The van der Waals surface area contributed by atoms with Crippen LogP contribution in [-0.4, -0.2) is 19.7 Å². The van der Waals surface area contributed by atoms with Gasteiger partial charge >= 0.3 is 0 Å². The number of hydrogen-bond acceptors (Lipinski definition) is 4. The first kappa shape index (κ1) is 10.3. The smallest absolute Gasteiger partial charge is 0.149 e. The standard InChI is InChI=1S/C12H15N5/c1-9-7-10(4-5-13-9)16-11-3-2-6-17-12(11)14-8-15-17/h4-5,7-8,11H,2-3,6H2,1H3,(H,13,16). The van der Waals surface area contributed by atoms with E-state index in [4.69, 9.17) is 0 Å². The van der Waals surface area contributed by atoms with Crippen molar-refractivity contribution in [1.29, 1.82) is 0 Å². The molecule has 1 N–H and O–H groups in total. The number of nitrogens with one attached hydrogen (secondary N) is 1. The van der Waals surface area contributed by atoms with Crippen LogP contribution in [-0.2, 0) is 6.54 Å². The topological polar surface area (TPSA) is 55.6 Å². The molecule has 0 amide bonds. The van der Waals surface area contributed by atoms with Crippen LogP contribution in [0.15, 0.2) is 24.7 Å². The first-order valence-corrected chi connectivity index (χ1v) is 5.90. The van der Waals surface area contributed by atoms with Gasteiger partial charge in [0.2, 0.25) is 0 Å².